The molecule has 0 aliphatic rings. The van der Waals surface area contributed by atoms with Crippen molar-refractivity contribution in [1.29, 1.82) is 0 Å². The maximum atomic E-state index is 13.8. The lowest BCUT2D eigenvalue weighted by Gasteiger charge is -2.02. The molecule has 2 heterocycles. The second kappa shape index (κ2) is 5.56. The molecule has 112 valence electrons. The fourth-order valence-electron chi connectivity index (χ4n) is 1.63. The second-order valence-electron chi connectivity index (χ2n) is 3.75. The first-order chi connectivity index (χ1) is 9.81. The summed E-state index contributed by atoms with van der Waals surface area (Å²) in [4.78, 5) is 13.6. The second-order valence-corrected chi connectivity index (χ2v) is 4.18. The molecule has 0 saturated carbocycles. The zero-order chi connectivity index (χ0) is 15.7. The normalized spacial score (nSPS) is 11.0. The minimum atomic E-state index is -3.30. The Labute approximate surface area is 120 Å². The first kappa shape index (κ1) is 15.0. The molecule has 2 aromatic rings. The zero-order valence-electron chi connectivity index (χ0n) is 10.3. The predicted molar refractivity (Wildman–Crippen MR) is 64.7 cm³/mol. The average Bonchev–Trinajstić information content (AvgIpc) is 2.66. The fraction of sp³-hybridized carbons (Fsp3) is 0.200. The van der Waals surface area contributed by atoms with Crippen LogP contribution >= 0.6 is 11.6 Å². The van der Waals surface area contributed by atoms with E-state index in [1.807, 2.05) is 0 Å². The van der Waals surface area contributed by atoms with Gasteiger partial charge >= 0.3 is 12.3 Å². The fourth-order valence-corrected chi connectivity index (χ4v) is 1.77. The molecular weight excluding hydrogens is 317 g/mol. The van der Waals surface area contributed by atoms with Crippen molar-refractivity contribution in [2.75, 3.05) is 0 Å². The summed E-state index contributed by atoms with van der Waals surface area (Å²) in [7, 11) is 1.14. The van der Waals surface area contributed by atoms with Crippen molar-refractivity contribution in [2.24, 2.45) is 7.05 Å². The van der Waals surface area contributed by atoms with Crippen molar-refractivity contribution >= 4 is 17.3 Å². The van der Waals surface area contributed by atoms with Crippen LogP contribution in [0.1, 0.15) is 0 Å². The van der Waals surface area contributed by atoms with Gasteiger partial charge in [-0.1, -0.05) is 11.6 Å². The minimum Gasteiger partial charge on any atom is -0.411 e. The Morgan fingerprint density at radius 1 is 1.48 bits per heavy atom. The van der Waals surface area contributed by atoms with Crippen LogP contribution in [0.25, 0.3) is 11.4 Å². The van der Waals surface area contributed by atoms with Gasteiger partial charge in [0.25, 0.3) is 5.88 Å². The first-order valence-corrected chi connectivity index (χ1v) is 5.66. The van der Waals surface area contributed by atoms with Gasteiger partial charge in [-0.15, -0.1) is 0 Å². The quantitative estimate of drug-likeness (QED) is 0.638. The summed E-state index contributed by atoms with van der Waals surface area (Å²) in [6.45, 7) is -3.30. The van der Waals surface area contributed by atoms with E-state index < -0.39 is 40.3 Å². The van der Waals surface area contributed by atoms with E-state index in [1.54, 1.807) is 0 Å². The number of ether oxygens (including phenoxy) is 1. The molecule has 0 fully saturated rings. The standard InChI is InChI=1S/C10H6ClF3N4O3/c1-17-9(21-10(13)14)8(18(19)20)7(16-17)6-5(12)2-4(11)3-15-6/h2-3,10H,1H3. The topological polar surface area (TPSA) is 83.1 Å². The molecule has 0 aliphatic heterocycles. The highest BCUT2D eigenvalue weighted by Crippen LogP contribution is 2.38. The van der Waals surface area contributed by atoms with E-state index in [2.05, 4.69) is 14.8 Å². The molecule has 2 rings (SSSR count). The van der Waals surface area contributed by atoms with Crippen LogP contribution in [0, 0.1) is 15.9 Å². The molecule has 0 aromatic carbocycles. The number of halogens is 4. The number of aryl methyl sites for hydroxylation is 1. The minimum absolute atomic E-state index is 0.0288. The van der Waals surface area contributed by atoms with Crippen LogP contribution in [0.3, 0.4) is 0 Å². The highest BCUT2D eigenvalue weighted by atomic mass is 35.5. The van der Waals surface area contributed by atoms with E-state index in [0.29, 0.717) is 4.68 Å². The molecule has 0 radical (unpaired) electrons. The van der Waals surface area contributed by atoms with Crippen LogP contribution in [0.15, 0.2) is 12.3 Å². The van der Waals surface area contributed by atoms with Gasteiger partial charge in [0.2, 0.25) is 0 Å². The Morgan fingerprint density at radius 3 is 2.67 bits per heavy atom. The third-order valence-electron chi connectivity index (χ3n) is 2.39. The predicted octanol–water partition coefficient (Wildman–Crippen LogP) is 2.78. The molecule has 0 spiro atoms. The third-order valence-corrected chi connectivity index (χ3v) is 2.59. The van der Waals surface area contributed by atoms with E-state index in [9.17, 15) is 23.3 Å². The molecule has 0 amide bonds. The molecule has 0 N–H and O–H groups in total. The summed E-state index contributed by atoms with van der Waals surface area (Å²) in [5.74, 6) is -1.78. The molecule has 2 aromatic heterocycles. The summed E-state index contributed by atoms with van der Waals surface area (Å²) in [5.41, 5.74) is -1.94. The van der Waals surface area contributed by atoms with Crippen molar-refractivity contribution in [3.63, 3.8) is 0 Å². The molecule has 11 heteroatoms. The van der Waals surface area contributed by atoms with Crippen molar-refractivity contribution in [3.8, 4) is 17.3 Å². The van der Waals surface area contributed by atoms with E-state index in [0.717, 1.165) is 19.3 Å². The van der Waals surface area contributed by atoms with Crippen molar-refractivity contribution < 1.29 is 22.8 Å². The summed E-state index contributed by atoms with van der Waals surface area (Å²) < 4.78 is 43.1. The number of rotatable bonds is 4. The maximum absolute atomic E-state index is 13.8. The molecule has 0 saturated heterocycles. The molecule has 0 aliphatic carbocycles. The van der Waals surface area contributed by atoms with Gasteiger partial charge in [-0.05, 0) is 6.07 Å². The van der Waals surface area contributed by atoms with Crippen LogP contribution in [0.4, 0.5) is 18.9 Å². The highest BCUT2D eigenvalue weighted by Gasteiger charge is 2.33. The molecular formula is C10H6ClF3N4O3. The molecule has 0 unspecified atom stereocenters. The lowest BCUT2D eigenvalue weighted by molar-refractivity contribution is -0.385. The summed E-state index contributed by atoms with van der Waals surface area (Å²) in [6.07, 6.45) is 1.05. The van der Waals surface area contributed by atoms with Crippen molar-refractivity contribution in [2.45, 2.75) is 6.61 Å². The lowest BCUT2D eigenvalue weighted by Crippen LogP contribution is -2.07. The number of alkyl halides is 2. The summed E-state index contributed by atoms with van der Waals surface area (Å²) in [5, 5.41) is 14.6. The van der Waals surface area contributed by atoms with Gasteiger partial charge in [0.1, 0.15) is 5.69 Å². The molecule has 0 atom stereocenters. The van der Waals surface area contributed by atoms with E-state index in [-0.39, 0.29) is 5.02 Å². The van der Waals surface area contributed by atoms with Gasteiger partial charge in [0.15, 0.2) is 11.5 Å². The van der Waals surface area contributed by atoms with Crippen LogP contribution < -0.4 is 4.74 Å². The van der Waals surface area contributed by atoms with Crippen molar-refractivity contribution in [1.82, 2.24) is 14.8 Å². The number of nitro groups is 1. The van der Waals surface area contributed by atoms with Crippen molar-refractivity contribution in [3.05, 3.63) is 33.2 Å². The van der Waals surface area contributed by atoms with Gasteiger partial charge in [-0.2, -0.15) is 13.9 Å². The van der Waals surface area contributed by atoms with Gasteiger partial charge in [0.05, 0.1) is 9.95 Å². The molecule has 21 heavy (non-hydrogen) atoms. The number of hydrogen-bond acceptors (Lipinski definition) is 5. The van der Waals surface area contributed by atoms with Crippen LogP contribution in [0.2, 0.25) is 5.02 Å². The van der Waals surface area contributed by atoms with E-state index in [1.165, 1.54) is 0 Å². The summed E-state index contributed by atoms with van der Waals surface area (Å²) in [6, 6.07) is 0.871. The van der Waals surface area contributed by atoms with Gasteiger partial charge in [-0.3, -0.25) is 10.1 Å². The Kier molecular flexibility index (Phi) is 3.98. The van der Waals surface area contributed by atoms with Gasteiger partial charge in [-0.25, -0.2) is 14.1 Å². The van der Waals surface area contributed by atoms with Gasteiger partial charge in [0, 0.05) is 13.2 Å². The largest absolute Gasteiger partial charge is 0.411 e. The van der Waals surface area contributed by atoms with Crippen LogP contribution in [0.5, 0.6) is 5.88 Å². The van der Waals surface area contributed by atoms with Crippen LogP contribution in [-0.4, -0.2) is 26.3 Å². The van der Waals surface area contributed by atoms with E-state index in [4.69, 9.17) is 11.6 Å². The zero-order valence-corrected chi connectivity index (χ0v) is 11.0. The van der Waals surface area contributed by atoms with Crippen LogP contribution in [-0.2, 0) is 7.05 Å². The Morgan fingerprint density at radius 2 is 2.14 bits per heavy atom. The number of hydrogen-bond donors (Lipinski definition) is 0. The smallest absolute Gasteiger partial charge is 0.388 e. The van der Waals surface area contributed by atoms with Gasteiger partial charge < -0.3 is 4.74 Å². The molecule has 7 nitrogen and oxygen atoms in total. The first-order valence-electron chi connectivity index (χ1n) is 5.29. The number of nitrogens with zero attached hydrogens (tertiary/aromatic N) is 4. The summed E-state index contributed by atoms with van der Waals surface area (Å²) >= 11 is 5.53. The highest BCUT2D eigenvalue weighted by molar-refractivity contribution is 6.30. The molecule has 0 bridgehead atoms. The maximum Gasteiger partial charge on any atom is 0.388 e. The Bertz CT molecular complexity index is 707. The lowest BCUT2D eigenvalue weighted by atomic mass is 10.2. The van der Waals surface area contributed by atoms with E-state index >= 15 is 0 Å². The third kappa shape index (κ3) is 2.89. The number of aromatic nitrogens is 3. The number of pyridine rings is 1. The Balaban J connectivity index is 2.66. The SMILES string of the molecule is Cn1nc(-c2ncc(Cl)cc2F)c([N+](=O)[O-])c1OC(F)F. The average molecular weight is 323 g/mol. The Hall–Kier alpha value is -2.36. The monoisotopic (exact) mass is 322 g/mol.